The molecule has 0 spiro atoms. The topological polar surface area (TPSA) is 63.6 Å². The number of rotatable bonds is 3. The third-order valence-corrected chi connectivity index (χ3v) is 4.51. The van der Waals surface area contributed by atoms with Crippen LogP contribution in [-0.2, 0) is 15.1 Å². The number of thiocarbonyl (C=S) groups is 1. The lowest BCUT2D eigenvalue weighted by Gasteiger charge is -2.29. The molecule has 140 valence electrons. The van der Waals surface area contributed by atoms with E-state index in [0.717, 1.165) is 5.69 Å². The third-order valence-electron chi connectivity index (χ3n) is 4.23. The quantitative estimate of drug-likeness (QED) is 0.503. The standard InChI is InChI=1S/C20H21N3O3S/c1-20(2,3)22-11-5-6-14(22)12-16-17(24)21-19(27)23(18(16)25)13-7-9-15(26-4)10-8-13/h5-12H,1-4H3,(H,21,24,27). The van der Waals surface area contributed by atoms with Crippen molar-refractivity contribution in [1.82, 2.24) is 9.88 Å². The second kappa shape index (κ2) is 7.00. The number of nitrogens with one attached hydrogen (secondary N) is 1. The average Bonchev–Trinajstić information content (AvgIpc) is 3.08. The normalized spacial score (nSPS) is 16.7. The van der Waals surface area contributed by atoms with E-state index in [2.05, 4.69) is 26.1 Å². The number of amides is 2. The largest absolute Gasteiger partial charge is 0.497 e. The summed E-state index contributed by atoms with van der Waals surface area (Å²) >= 11 is 5.22. The highest BCUT2D eigenvalue weighted by atomic mass is 32.1. The third kappa shape index (κ3) is 3.64. The van der Waals surface area contributed by atoms with Gasteiger partial charge in [0.05, 0.1) is 12.8 Å². The summed E-state index contributed by atoms with van der Waals surface area (Å²) in [5.74, 6) is -0.302. The molecule has 1 aliphatic heterocycles. The molecule has 6 nitrogen and oxygen atoms in total. The molecule has 7 heteroatoms. The highest BCUT2D eigenvalue weighted by molar-refractivity contribution is 7.80. The van der Waals surface area contributed by atoms with E-state index in [1.165, 1.54) is 4.90 Å². The Labute approximate surface area is 163 Å². The van der Waals surface area contributed by atoms with Gasteiger partial charge in [0.2, 0.25) is 0 Å². The Morgan fingerprint density at radius 2 is 1.78 bits per heavy atom. The maximum atomic E-state index is 13.1. The van der Waals surface area contributed by atoms with Gasteiger partial charge in [-0.3, -0.25) is 19.8 Å². The molecular formula is C20H21N3O3S. The van der Waals surface area contributed by atoms with E-state index in [1.54, 1.807) is 37.5 Å². The fraction of sp³-hybridized carbons (Fsp3) is 0.250. The number of hydrogen-bond donors (Lipinski definition) is 1. The minimum absolute atomic E-state index is 0.0311. The summed E-state index contributed by atoms with van der Waals surface area (Å²) in [4.78, 5) is 26.8. The molecule has 0 atom stereocenters. The lowest BCUT2D eigenvalue weighted by Crippen LogP contribution is -2.54. The van der Waals surface area contributed by atoms with Crippen LogP contribution in [0, 0.1) is 0 Å². The highest BCUT2D eigenvalue weighted by Gasteiger charge is 2.34. The minimum atomic E-state index is -0.503. The molecule has 1 fully saturated rings. The molecular weight excluding hydrogens is 362 g/mol. The second-order valence-electron chi connectivity index (χ2n) is 7.13. The second-order valence-corrected chi connectivity index (χ2v) is 7.52. The van der Waals surface area contributed by atoms with Gasteiger partial charge < -0.3 is 9.30 Å². The van der Waals surface area contributed by atoms with Crippen LogP contribution in [0.1, 0.15) is 26.5 Å². The SMILES string of the molecule is COc1ccc(N2C(=O)C(=Cc3cccn3C(C)(C)C)C(=O)NC2=S)cc1. The van der Waals surface area contributed by atoms with Crippen molar-refractivity contribution in [2.45, 2.75) is 26.3 Å². The van der Waals surface area contributed by atoms with Crippen LogP contribution in [0.3, 0.4) is 0 Å². The lowest BCUT2D eigenvalue weighted by atomic mass is 10.1. The molecule has 0 aliphatic carbocycles. The van der Waals surface area contributed by atoms with E-state index in [-0.39, 0.29) is 16.2 Å². The highest BCUT2D eigenvalue weighted by Crippen LogP contribution is 2.25. The lowest BCUT2D eigenvalue weighted by molar-refractivity contribution is -0.122. The number of aromatic nitrogens is 1. The average molecular weight is 383 g/mol. The Morgan fingerprint density at radius 3 is 2.37 bits per heavy atom. The van der Waals surface area contributed by atoms with Crippen LogP contribution in [0.5, 0.6) is 5.75 Å². The predicted octanol–water partition coefficient (Wildman–Crippen LogP) is 3.08. The smallest absolute Gasteiger partial charge is 0.270 e. The Morgan fingerprint density at radius 1 is 1.11 bits per heavy atom. The molecule has 1 aromatic heterocycles. The van der Waals surface area contributed by atoms with E-state index in [4.69, 9.17) is 17.0 Å². The number of benzene rings is 1. The fourth-order valence-electron chi connectivity index (χ4n) is 2.89. The van der Waals surface area contributed by atoms with E-state index < -0.39 is 11.8 Å². The number of hydrogen-bond acceptors (Lipinski definition) is 4. The number of nitrogens with zero attached hydrogens (tertiary/aromatic N) is 2. The molecule has 0 unspecified atom stereocenters. The first kappa shape index (κ1) is 18.8. The Bertz CT molecular complexity index is 936. The zero-order chi connectivity index (χ0) is 19.8. The molecule has 1 aromatic carbocycles. The molecule has 1 saturated heterocycles. The van der Waals surface area contributed by atoms with Crippen LogP contribution in [0.15, 0.2) is 48.2 Å². The molecule has 0 bridgehead atoms. The predicted molar refractivity (Wildman–Crippen MR) is 109 cm³/mol. The monoisotopic (exact) mass is 383 g/mol. The molecule has 2 heterocycles. The molecule has 0 saturated carbocycles. The molecule has 1 aliphatic rings. The number of methoxy groups -OCH3 is 1. The van der Waals surface area contributed by atoms with Crippen molar-refractivity contribution in [3.8, 4) is 5.75 Å². The fourth-order valence-corrected chi connectivity index (χ4v) is 3.17. The van der Waals surface area contributed by atoms with Crippen molar-refractivity contribution >= 4 is 40.9 Å². The Kier molecular flexibility index (Phi) is 4.89. The first-order valence-electron chi connectivity index (χ1n) is 8.46. The first-order chi connectivity index (χ1) is 12.7. The van der Waals surface area contributed by atoms with Crippen LogP contribution in [0.4, 0.5) is 5.69 Å². The van der Waals surface area contributed by atoms with Gasteiger partial charge in [0.1, 0.15) is 11.3 Å². The van der Waals surface area contributed by atoms with Crippen LogP contribution in [-0.4, -0.2) is 28.6 Å². The van der Waals surface area contributed by atoms with E-state index in [1.807, 2.05) is 22.9 Å². The summed E-state index contributed by atoms with van der Waals surface area (Å²) in [7, 11) is 1.57. The van der Waals surface area contributed by atoms with Gasteiger partial charge in [-0.15, -0.1) is 0 Å². The summed E-state index contributed by atoms with van der Waals surface area (Å²) < 4.78 is 7.15. The zero-order valence-electron chi connectivity index (χ0n) is 15.6. The summed E-state index contributed by atoms with van der Waals surface area (Å²) in [6, 6.07) is 10.6. The maximum absolute atomic E-state index is 13.1. The Hall–Kier alpha value is -2.93. The number of ether oxygens (including phenoxy) is 1. The van der Waals surface area contributed by atoms with Gasteiger partial charge in [0.25, 0.3) is 11.8 Å². The molecule has 3 rings (SSSR count). The van der Waals surface area contributed by atoms with Crippen molar-refractivity contribution < 1.29 is 14.3 Å². The van der Waals surface area contributed by atoms with Gasteiger partial charge >= 0.3 is 0 Å². The summed E-state index contributed by atoms with van der Waals surface area (Å²) in [6.07, 6.45) is 3.52. The number of anilines is 1. The van der Waals surface area contributed by atoms with Crippen molar-refractivity contribution in [1.29, 1.82) is 0 Å². The van der Waals surface area contributed by atoms with Gasteiger partial charge in [0.15, 0.2) is 5.11 Å². The summed E-state index contributed by atoms with van der Waals surface area (Å²) in [6.45, 7) is 6.16. The van der Waals surface area contributed by atoms with Crippen molar-refractivity contribution in [2.75, 3.05) is 12.0 Å². The van der Waals surface area contributed by atoms with Gasteiger partial charge in [-0.05, 0) is 75.5 Å². The van der Waals surface area contributed by atoms with Crippen LogP contribution in [0.25, 0.3) is 6.08 Å². The maximum Gasteiger partial charge on any atom is 0.270 e. The van der Waals surface area contributed by atoms with Crippen molar-refractivity contribution in [3.05, 3.63) is 53.9 Å². The van der Waals surface area contributed by atoms with Crippen molar-refractivity contribution in [2.24, 2.45) is 0 Å². The van der Waals surface area contributed by atoms with E-state index in [0.29, 0.717) is 11.4 Å². The summed E-state index contributed by atoms with van der Waals surface area (Å²) in [5, 5.41) is 2.65. The first-order valence-corrected chi connectivity index (χ1v) is 8.86. The van der Waals surface area contributed by atoms with Gasteiger partial charge in [-0.25, -0.2) is 0 Å². The van der Waals surface area contributed by atoms with Crippen molar-refractivity contribution in [3.63, 3.8) is 0 Å². The number of carbonyl (C=O) groups is 2. The van der Waals surface area contributed by atoms with Gasteiger partial charge in [-0.2, -0.15) is 0 Å². The molecule has 1 N–H and O–H groups in total. The summed E-state index contributed by atoms with van der Waals surface area (Å²) in [5.41, 5.74) is 1.17. The van der Waals surface area contributed by atoms with Gasteiger partial charge in [0, 0.05) is 17.4 Å². The minimum Gasteiger partial charge on any atom is -0.497 e. The molecule has 27 heavy (non-hydrogen) atoms. The molecule has 0 radical (unpaired) electrons. The van der Waals surface area contributed by atoms with Crippen LogP contribution in [0.2, 0.25) is 0 Å². The van der Waals surface area contributed by atoms with Gasteiger partial charge in [-0.1, -0.05) is 0 Å². The number of carbonyl (C=O) groups excluding carboxylic acids is 2. The van der Waals surface area contributed by atoms with Crippen LogP contribution >= 0.6 is 12.2 Å². The van der Waals surface area contributed by atoms with E-state index >= 15 is 0 Å². The van der Waals surface area contributed by atoms with Crippen LogP contribution < -0.4 is 15.0 Å². The Balaban J connectivity index is 2.01. The molecule has 2 amide bonds. The van der Waals surface area contributed by atoms with E-state index in [9.17, 15) is 9.59 Å². The molecule has 2 aromatic rings. The zero-order valence-corrected chi connectivity index (χ0v) is 16.5.